The highest BCUT2D eigenvalue weighted by Crippen LogP contribution is 2.33. The second-order valence-electron chi connectivity index (χ2n) is 8.80. The van der Waals surface area contributed by atoms with E-state index in [-0.39, 0.29) is 18.4 Å². The molecule has 1 heterocycles. The van der Waals surface area contributed by atoms with Gasteiger partial charge in [-0.15, -0.1) is 0 Å². The number of anilines is 2. The van der Waals surface area contributed by atoms with E-state index >= 15 is 0 Å². The van der Waals surface area contributed by atoms with Gasteiger partial charge in [-0.3, -0.25) is 14.5 Å². The van der Waals surface area contributed by atoms with Crippen molar-refractivity contribution in [3.8, 4) is 11.1 Å². The van der Waals surface area contributed by atoms with E-state index < -0.39 is 11.7 Å². The van der Waals surface area contributed by atoms with Crippen LogP contribution in [0.3, 0.4) is 0 Å². The van der Waals surface area contributed by atoms with Crippen molar-refractivity contribution in [3.63, 3.8) is 0 Å². The third-order valence-electron chi connectivity index (χ3n) is 6.26. The first-order valence-corrected chi connectivity index (χ1v) is 11.6. The highest BCUT2D eigenvalue weighted by atomic mass is 19.4. The number of carbonyl (C=O) groups excluding carboxylic acids is 2. The van der Waals surface area contributed by atoms with Crippen LogP contribution in [0.1, 0.15) is 21.5 Å². The second-order valence-corrected chi connectivity index (χ2v) is 8.80. The first kappa shape index (κ1) is 25.2. The normalized spacial score (nSPS) is 14.5. The number of nitrogens with two attached hydrogens (primary N) is 1. The molecule has 3 aromatic rings. The number of hydrogen-bond acceptors (Lipinski definition) is 4. The molecule has 0 aliphatic carbocycles. The lowest BCUT2D eigenvalue weighted by molar-refractivity contribution is -0.137. The van der Waals surface area contributed by atoms with Crippen molar-refractivity contribution < 1.29 is 22.8 Å². The van der Waals surface area contributed by atoms with Gasteiger partial charge in [0.25, 0.3) is 5.91 Å². The Morgan fingerprint density at radius 2 is 1.56 bits per heavy atom. The molecular weight excluding hydrogens is 469 g/mol. The number of amides is 2. The summed E-state index contributed by atoms with van der Waals surface area (Å²) in [7, 11) is 0. The summed E-state index contributed by atoms with van der Waals surface area (Å²) in [6, 6.07) is 17.5. The Kier molecular flexibility index (Phi) is 7.30. The van der Waals surface area contributed by atoms with Crippen LogP contribution < -0.4 is 16.0 Å². The van der Waals surface area contributed by atoms with Crippen molar-refractivity contribution in [2.24, 2.45) is 5.73 Å². The Morgan fingerprint density at radius 3 is 2.14 bits per heavy atom. The van der Waals surface area contributed by atoms with Crippen LogP contribution in [0.4, 0.5) is 24.5 Å². The Morgan fingerprint density at radius 1 is 0.917 bits per heavy atom. The minimum atomic E-state index is -4.42. The molecule has 0 unspecified atom stereocenters. The molecule has 3 N–H and O–H groups in total. The summed E-state index contributed by atoms with van der Waals surface area (Å²) in [5, 5.41) is 2.89. The van der Waals surface area contributed by atoms with E-state index in [1.165, 1.54) is 12.1 Å². The van der Waals surface area contributed by atoms with Gasteiger partial charge in [-0.1, -0.05) is 24.3 Å². The van der Waals surface area contributed by atoms with Gasteiger partial charge in [0.1, 0.15) is 0 Å². The third-order valence-corrected chi connectivity index (χ3v) is 6.26. The Balaban J connectivity index is 1.47. The van der Waals surface area contributed by atoms with Gasteiger partial charge in [0, 0.05) is 43.1 Å². The zero-order valence-electron chi connectivity index (χ0n) is 19.8. The van der Waals surface area contributed by atoms with E-state index in [2.05, 4.69) is 10.2 Å². The zero-order chi connectivity index (χ0) is 25.9. The van der Waals surface area contributed by atoms with Crippen LogP contribution >= 0.6 is 0 Å². The molecular formula is C27H27F3N4O2. The number of rotatable bonds is 6. The Hall–Kier alpha value is -3.85. The van der Waals surface area contributed by atoms with Gasteiger partial charge >= 0.3 is 6.18 Å². The number of halogens is 3. The second kappa shape index (κ2) is 10.4. The van der Waals surface area contributed by atoms with Gasteiger partial charge in [-0.05, 0) is 66.1 Å². The highest BCUT2D eigenvalue weighted by Gasteiger charge is 2.30. The maximum atomic E-state index is 13.2. The molecule has 1 fully saturated rings. The number of piperazine rings is 1. The number of benzene rings is 3. The zero-order valence-corrected chi connectivity index (χ0v) is 19.8. The van der Waals surface area contributed by atoms with Gasteiger partial charge in [0.15, 0.2) is 0 Å². The molecule has 0 aromatic heterocycles. The fourth-order valence-electron chi connectivity index (χ4n) is 4.40. The summed E-state index contributed by atoms with van der Waals surface area (Å²) >= 11 is 0. The van der Waals surface area contributed by atoms with Crippen molar-refractivity contribution in [2.75, 3.05) is 42.9 Å². The van der Waals surface area contributed by atoms with Gasteiger partial charge in [-0.2, -0.15) is 13.2 Å². The predicted molar refractivity (Wildman–Crippen MR) is 134 cm³/mol. The maximum absolute atomic E-state index is 13.2. The van der Waals surface area contributed by atoms with E-state index in [1.54, 1.807) is 12.1 Å². The molecule has 2 amide bonds. The fourth-order valence-corrected chi connectivity index (χ4v) is 4.40. The largest absolute Gasteiger partial charge is 0.416 e. The minimum absolute atomic E-state index is 0.256. The number of primary amides is 1. The van der Waals surface area contributed by atoms with Crippen molar-refractivity contribution in [1.29, 1.82) is 0 Å². The first-order chi connectivity index (χ1) is 17.1. The number of nitrogens with one attached hydrogen (secondary N) is 1. The number of carbonyl (C=O) groups is 2. The molecule has 1 aliphatic heterocycles. The number of alkyl halides is 3. The third kappa shape index (κ3) is 5.85. The molecule has 6 nitrogen and oxygen atoms in total. The minimum Gasteiger partial charge on any atom is -0.369 e. The quantitative estimate of drug-likeness (QED) is 0.525. The number of aryl methyl sites for hydroxylation is 1. The van der Waals surface area contributed by atoms with Gasteiger partial charge in [0.2, 0.25) is 5.91 Å². The van der Waals surface area contributed by atoms with Crippen LogP contribution in [0.2, 0.25) is 0 Å². The molecule has 1 saturated heterocycles. The first-order valence-electron chi connectivity index (χ1n) is 11.6. The fraction of sp³-hybridized carbons (Fsp3) is 0.259. The van der Waals surface area contributed by atoms with E-state index in [9.17, 15) is 22.8 Å². The molecule has 0 atom stereocenters. The molecule has 9 heteroatoms. The molecule has 188 valence electrons. The molecule has 1 aliphatic rings. The molecule has 0 spiro atoms. The van der Waals surface area contributed by atoms with E-state index in [0.29, 0.717) is 22.4 Å². The smallest absolute Gasteiger partial charge is 0.369 e. The number of hydrogen-bond donors (Lipinski definition) is 2. The van der Waals surface area contributed by atoms with Crippen LogP contribution in [-0.4, -0.2) is 49.4 Å². The Labute approximate surface area is 207 Å². The predicted octanol–water partition coefficient (Wildman–Crippen LogP) is 4.54. The SMILES string of the molecule is Cc1cccc(C(=O)Nc2ccc(N3CCN(CC(N)=O)CC3)cc2)c1-c1ccc(C(F)(F)F)cc1. The van der Waals surface area contributed by atoms with E-state index in [1.807, 2.05) is 42.2 Å². The van der Waals surface area contributed by atoms with Crippen LogP contribution in [-0.2, 0) is 11.0 Å². The molecule has 4 rings (SSSR count). The summed E-state index contributed by atoms with van der Waals surface area (Å²) in [6.07, 6.45) is -4.42. The molecule has 36 heavy (non-hydrogen) atoms. The maximum Gasteiger partial charge on any atom is 0.416 e. The van der Waals surface area contributed by atoms with Crippen LogP contribution in [0.15, 0.2) is 66.7 Å². The monoisotopic (exact) mass is 496 g/mol. The summed E-state index contributed by atoms with van der Waals surface area (Å²) < 4.78 is 38.9. The summed E-state index contributed by atoms with van der Waals surface area (Å²) in [4.78, 5) is 28.5. The van der Waals surface area contributed by atoms with Crippen molar-refractivity contribution >= 4 is 23.2 Å². The van der Waals surface area contributed by atoms with Crippen LogP contribution in [0, 0.1) is 6.92 Å². The molecule has 0 saturated carbocycles. The average Bonchev–Trinajstić information content (AvgIpc) is 2.84. The summed E-state index contributed by atoms with van der Waals surface area (Å²) in [6.45, 7) is 5.08. The molecule has 3 aromatic carbocycles. The van der Waals surface area contributed by atoms with Crippen molar-refractivity contribution in [3.05, 3.63) is 83.4 Å². The lowest BCUT2D eigenvalue weighted by Crippen LogP contribution is -2.48. The van der Waals surface area contributed by atoms with Crippen molar-refractivity contribution in [1.82, 2.24) is 4.90 Å². The summed E-state index contributed by atoms with van der Waals surface area (Å²) in [5.74, 6) is -0.681. The van der Waals surface area contributed by atoms with Gasteiger partial charge < -0.3 is 16.0 Å². The standard InChI is InChI=1S/C27H27F3N4O2/c1-18-3-2-4-23(25(18)19-5-7-20(8-6-19)27(28,29)30)26(36)32-21-9-11-22(12-10-21)34-15-13-33(14-16-34)17-24(31)35/h2-12H,13-17H2,1H3,(H2,31,35)(H,32,36). The van der Waals surface area contributed by atoms with E-state index in [4.69, 9.17) is 5.73 Å². The Bertz CT molecular complexity index is 1230. The van der Waals surface area contributed by atoms with Crippen LogP contribution in [0.5, 0.6) is 0 Å². The highest BCUT2D eigenvalue weighted by molar-refractivity contribution is 6.09. The van der Waals surface area contributed by atoms with Crippen molar-refractivity contribution in [2.45, 2.75) is 13.1 Å². The lowest BCUT2D eigenvalue weighted by atomic mass is 9.94. The molecule has 0 bridgehead atoms. The topological polar surface area (TPSA) is 78.7 Å². The number of nitrogens with zero attached hydrogens (tertiary/aromatic N) is 2. The lowest BCUT2D eigenvalue weighted by Gasteiger charge is -2.35. The van der Waals surface area contributed by atoms with Gasteiger partial charge in [-0.25, -0.2) is 0 Å². The molecule has 0 radical (unpaired) electrons. The van der Waals surface area contributed by atoms with Gasteiger partial charge in [0.05, 0.1) is 12.1 Å². The van der Waals surface area contributed by atoms with E-state index in [0.717, 1.165) is 49.6 Å². The van der Waals surface area contributed by atoms with Crippen LogP contribution in [0.25, 0.3) is 11.1 Å². The average molecular weight is 497 g/mol. The summed E-state index contributed by atoms with van der Waals surface area (Å²) in [5.41, 5.74) is 8.44.